The lowest BCUT2D eigenvalue weighted by atomic mass is 10.0. The Morgan fingerprint density at radius 1 is 1.15 bits per heavy atom. The quantitative estimate of drug-likeness (QED) is 0.736. The van der Waals surface area contributed by atoms with Gasteiger partial charge in [0.1, 0.15) is 0 Å². The second-order valence-corrected chi connectivity index (χ2v) is 4.38. The molecule has 0 bridgehead atoms. The maximum Gasteiger partial charge on any atom is 0.161 e. The third-order valence-corrected chi connectivity index (χ3v) is 3.05. The summed E-state index contributed by atoms with van der Waals surface area (Å²) in [5.41, 5.74) is 1.21. The Kier molecular flexibility index (Phi) is 7.60. The standard InChI is InChI=1S/C17H25NO2/c1-5-8-9-10-15(18-4)14-11-12-16(19-6-2)17(13-14)20-7-3/h11-13,15,18H,6-7,9-10H2,1-4H3. The van der Waals surface area contributed by atoms with Crippen molar-refractivity contribution in [1.82, 2.24) is 5.32 Å². The molecule has 1 atom stereocenters. The summed E-state index contributed by atoms with van der Waals surface area (Å²) in [7, 11) is 1.97. The summed E-state index contributed by atoms with van der Waals surface area (Å²) in [6.07, 6.45) is 1.87. The molecule has 3 nitrogen and oxygen atoms in total. The highest BCUT2D eigenvalue weighted by Crippen LogP contribution is 2.31. The number of hydrogen-bond donors (Lipinski definition) is 1. The molecule has 0 saturated carbocycles. The number of benzene rings is 1. The second-order valence-electron chi connectivity index (χ2n) is 4.38. The van der Waals surface area contributed by atoms with Crippen LogP contribution in [0.3, 0.4) is 0 Å². The summed E-state index contributed by atoms with van der Waals surface area (Å²) in [6.45, 7) is 7.10. The van der Waals surface area contributed by atoms with E-state index in [0.29, 0.717) is 13.2 Å². The highest BCUT2D eigenvalue weighted by molar-refractivity contribution is 5.44. The molecule has 1 unspecified atom stereocenters. The Bertz CT molecular complexity index is 460. The molecular formula is C17H25NO2. The van der Waals surface area contributed by atoms with E-state index < -0.39 is 0 Å². The highest BCUT2D eigenvalue weighted by Gasteiger charge is 2.12. The van der Waals surface area contributed by atoms with Crippen molar-refractivity contribution in [2.24, 2.45) is 0 Å². The third-order valence-electron chi connectivity index (χ3n) is 3.05. The van der Waals surface area contributed by atoms with Crippen molar-refractivity contribution in [3.8, 4) is 23.3 Å². The van der Waals surface area contributed by atoms with Crippen molar-refractivity contribution in [3.63, 3.8) is 0 Å². The van der Waals surface area contributed by atoms with Crippen LogP contribution < -0.4 is 14.8 Å². The van der Waals surface area contributed by atoms with Gasteiger partial charge in [-0.1, -0.05) is 6.07 Å². The van der Waals surface area contributed by atoms with Crippen LogP contribution in [-0.2, 0) is 0 Å². The van der Waals surface area contributed by atoms with Gasteiger partial charge < -0.3 is 14.8 Å². The number of hydrogen-bond acceptors (Lipinski definition) is 3. The van der Waals surface area contributed by atoms with Crippen molar-refractivity contribution < 1.29 is 9.47 Å². The molecule has 0 amide bonds. The topological polar surface area (TPSA) is 30.5 Å². The Balaban J connectivity index is 2.91. The molecule has 0 saturated heterocycles. The molecule has 20 heavy (non-hydrogen) atoms. The largest absolute Gasteiger partial charge is 0.490 e. The van der Waals surface area contributed by atoms with Crippen molar-refractivity contribution >= 4 is 0 Å². The van der Waals surface area contributed by atoms with Crippen molar-refractivity contribution in [1.29, 1.82) is 0 Å². The predicted molar refractivity (Wildman–Crippen MR) is 83.3 cm³/mol. The van der Waals surface area contributed by atoms with E-state index in [0.717, 1.165) is 24.3 Å². The summed E-state index contributed by atoms with van der Waals surface area (Å²) < 4.78 is 11.3. The van der Waals surface area contributed by atoms with Gasteiger partial charge in [-0.25, -0.2) is 0 Å². The van der Waals surface area contributed by atoms with E-state index >= 15 is 0 Å². The van der Waals surface area contributed by atoms with Gasteiger partial charge >= 0.3 is 0 Å². The van der Waals surface area contributed by atoms with E-state index in [1.165, 1.54) is 5.56 Å². The van der Waals surface area contributed by atoms with Crippen LogP contribution in [0.1, 0.15) is 45.2 Å². The molecule has 1 N–H and O–H groups in total. The molecule has 1 aromatic rings. The lowest BCUT2D eigenvalue weighted by Crippen LogP contribution is -2.16. The van der Waals surface area contributed by atoms with Crippen LogP contribution in [0.5, 0.6) is 11.5 Å². The van der Waals surface area contributed by atoms with E-state index in [2.05, 4.69) is 29.3 Å². The van der Waals surface area contributed by atoms with Crippen molar-refractivity contribution in [2.45, 2.75) is 39.7 Å². The number of nitrogens with one attached hydrogen (secondary N) is 1. The van der Waals surface area contributed by atoms with Crippen molar-refractivity contribution in [2.75, 3.05) is 20.3 Å². The third kappa shape index (κ3) is 4.79. The molecule has 0 fully saturated rings. The van der Waals surface area contributed by atoms with E-state index in [9.17, 15) is 0 Å². The lowest BCUT2D eigenvalue weighted by Gasteiger charge is -2.18. The van der Waals surface area contributed by atoms with Gasteiger partial charge in [-0.3, -0.25) is 0 Å². The van der Waals surface area contributed by atoms with E-state index in [-0.39, 0.29) is 6.04 Å². The summed E-state index contributed by atoms with van der Waals surface area (Å²) in [5.74, 6) is 7.66. The normalized spacial score (nSPS) is 11.4. The summed E-state index contributed by atoms with van der Waals surface area (Å²) >= 11 is 0. The number of ether oxygens (including phenoxy) is 2. The average Bonchev–Trinajstić information content (AvgIpc) is 2.46. The Hall–Kier alpha value is -1.66. The molecule has 110 valence electrons. The van der Waals surface area contributed by atoms with Gasteiger partial charge in [0.2, 0.25) is 0 Å². The Morgan fingerprint density at radius 3 is 2.45 bits per heavy atom. The van der Waals surface area contributed by atoms with E-state index in [1.807, 2.05) is 33.9 Å². The summed E-state index contributed by atoms with van der Waals surface area (Å²) in [6, 6.07) is 6.42. The van der Waals surface area contributed by atoms with Crippen LogP contribution in [0.15, 0.2) is 18.2 Å². The fourth-order valence-electron chi connectivity index (χ4n) is 2.10. The van der Waals surface area contributed by atoms with Gasteiger partial charge in [-0.15, -0.1) is 11.8 Å². The SMILES string of the molecule is CC#CCCC(NC)c1ccc(OCC)c(OCC)c1. The first-order valence-corrected chi connectivity index (χ1v) is 7.23. The Labute approximate surface area is 122 Å². The van der Waals surface area contributed by atoms with Crippen LogP contribution in [-0.4, -0.2) is 20.3 Å². The zero-order chi connectivity index (χ0) is 14.8. The van der Waals surface area contributed by atoms with Crippen molar-refractivity contribution in [3.05, 3.63) is 23.8 Å². The highest BCUT2D eigenvalue weighted by atomic mass is 16.5. The molecule has 0 spiro atoms. The maximum absolute atomic E-state index is 5.67. The first-order valence-electron chi connectivity index (χ1n) is 7.23. The van der Waals surface area contributed by atoms with Crippen LogP contribution in [0.4, 0.5) is 0 Å². The minimum Gasteiger partial charge on any atom is -0.490 e. The predicted octanol–water partition coefficient (Wildman–Crippen LogP) is 3.55. The van der Waals surface area contributed by atoms with Gasteiger partial charge in [-0.2, -0.15) is 0 Å². The molecule has 0 aliphatic carbocycles. The van der Waals surface area contributed by atoms with Gasteiger partial charge in [0, 0.05) is 12.5 Å². The van der Waals surface area contributed by atoms with E-state index in [4.69, 9.17) is 9.47 Å². The molecule has 0 aliphatic heterocycles. The fourth-order valence-corrected chi connectivity index (χ4v) is 2.10. The number of rotatable bonds is 8. The van der Waals surface area contributed by atoms with Gasteiger partial charge in [0.15, 0.2) is 11.5 Å². The van der Waals surface area contributed by atoms with Gasteiger partial charge in [0.25, 0.3) is 0 Å². The molecule has 3 heteroatoms. The van der Waals surface area contributed by atoms with Crippen LogP contribution >= 0.6 is 0 Å². The molecule has 0 aromatic heterocycles. The molecule has 0 aliphatic rings. The lowest BCUT2D eigenvalue weighted by molar-refractivity contribution is 0.287. The molecule has 0 radical (unpaired) electrons. The summed E-state index contributed by atoms with van der Waals surface area (Å²) in [4.78, 5) is 0. The van der Waals surface area contributed by atoms with Gasteiger partial charge in [-0.05, 0) is 51.9 Å². The van der Waals surface area contributed by atoms with Crippen LogP contribution in [0.25, 0.3) is 0 Å². The molecular weight excluding hydrogens is 250 g/mol. The van der Waals surface area contributed by atoms with E-state index in [1.54, 1.807) is 0 Å². The molecule has 1 rings (SSSR count). The average molecular weight is 275 g/mol. The molecule has 1 aromatic carbocycles. The van der Waals surface area contributed by atoms with Gasteiger partial charge in [0.05, 0.1) is 13.2 Å². The minimum atomic E-state index is 0.283. The smallest absolute Gasteiger partial charge is 0.161 e. The zero-order valence-corrected chi connectivity index (χ0v) is 13.0. The summed E-state index contributed by atoms with van der Waals surface area (Å²) in [5, 5.41) is 3.33. The first-order chi connectivity index (χ1) is 9.76. The Morgan fingerprint density at radius 2 is 1.85 bits per heavy atom. The minimum absolute atomic E-state index is 0.283. The zero-order valence-electron chi connectivity index (χ0n) is 13.0. The second kappa shape index (κ2) is 9.28. The fraction of sp³-hybridized carbons (Fsp3) is 0.529. The van der Waals surface area contributed by atoms with Crippen LogP contribution in [0.2, 0.25) is 0 Å². The molecule has 0 heterocycles. The monoisotopic (exact) mass is 275 g/mol. The first kappa shape index (κ1) is 16.4. The van der Waals surface area contributed by atoms with Crippen LogP contribution in [0, 0.1) is 11.8 Å². The maximum atomic E-state index is 5.67.